The van der Waals surface area contributed by atoms with Gasteiger partial charge in [-0.15, -0.1) is 0 Å². The van der Waals surface area contributed by atoms with Crippen LogP contribution in [0, 0.1) is 11.6 Å². The van der Waals surface area contributed by atoms with Crippen molar-refractivity contribution in [3.05, 3.63) is 35.4 Å². The first-order valence-electron chi connectivity index (χ1n) is 8.63. The van der Waals surface area contributed by atoms with Crippen molar-refractivity contribution in [3.63, 3.8) is 0 Å². The molecule has 1 saturated heterocycles. The predicted octanol–water partition coefficient (Wildman–Crippen LogP) is 2.40. The zero-order chi connectivity index (χ0) is 17.2. The van der Waals surface area contributed by atoms with Crippen LogP contribution in [-0.4, -0.2) is 31.2 Å². The molecular weight excluding hydrogens is 314 g/mol. The summed E-state index contributed by atoms with van der Waals surface area (Å²) in [6, 6.07) is 3.94. The molecular formula is C18H24F2N2O2. The zero-order valence-electron chi connectivity index (χ0n) is 13.7. The Hall–Kier alpha value is -1.53. The van der Waals surface area contributed by atoms with Crippen molar-refractivity contribution in [1.82, 2.24) is 5.32 Å². The van der Waals surface area contributed by atoms with E-state index in [1.807, 2.05) is 0 Å². The summed E-state index contributed by atoms with van der Waals surface area (Å²) in [6.07, 6.45) is 3.95. The Morgan fingerprint density at radius 2 is 1.92 bits per heavy atom. The Labute approximate surface area is 140 Å². The van der Waals surface area contributed by atoms with Crippen LogP contribution in [0.5, 0.6) is 0 Å². The number of carbonyl (C=O) groups excluding carboxylic acids is 1. The topological polar surface area (TPSA) is 64.4 Å². The van der Waals surface area contributed by atoms with Gasteiger partial charge < -0.3 is 15.8 Å². The summed E-state index contributed by atoms with van der Waals surface area (Å²) in [4.78, 5) is 12.3. The van der Waals surface area contributed by atoms with Crippen molar-refractivity contribution >= 4 is 5.91 Å². The molecule has 132 valence electrons. The highest BCUT2D eigenvalue weighted by molar-refractivity contribution is 5.81. The second-order valence-electron chi connectivity index (χ2n) is 6.86. The van der Waals surface area contributed by atoms with E-state index in [9.17, 15) is 13.6 Å². The molecule has 1 aliphatic carbocycles. The molecule has 3 rings (SSSR count). The van der Waals surface area contributed by atoms with Gasteiger partial charge in [-0.25, -0.2) is 8.78 Å². The normalized spacial score (nSPS) is 25.8. The number of benzene rings is 1. The van der Waals surface area contributed by atoms with Crippen molar-refractivity contribution < 1.29 is 18.3 Å². The van der Waals surface area contributed by atoms with Crippen LogP contribution in [0.25, 0.3) is 0 Å². The average Bonchev–Trinajstić information content (AvgIpc) is 3.22. The lowest BCUT2D eigenvalue weighted by Crippen LogP contribution is -2.44. The van der Waals surface area contributed by atoms with Gasteiger partial charge in [0.05, 0.1) is 6.10 Å². The molecule has 1 aromatic carbocycles. The Kier molecular flexibility index (Phi) is 5.15. The molecule has 0 spiro atoms. The van der Waals surface area contributed by atoms with Gasteiger partial charge in [-0.1, -0.05) is 18.9 Å². The summed E-state index contributed by atoms with van der Waals surface area (Å²) in [5, 5.41) is 2.87. The van der Waals surface area contributed by atoms with Crippen LogP contribution in [0.2, 0.25) is 0 Å². The number of nitrogens with two attached hydrogens (primary N) is 1. The quantitative estimate of drug-likeness (QED) is 0.866. The van der Waals surface area contributed by atoms with Gasteiger partial charge in [0, 0.05) is 24.1 Å². The number of halogens is 2. The van der Waals surface area contributed by atoms with E-state index < -0.39 is 23.2 Å². The minimum atomic E-state index is -0.670. The summed E-state index contributed by atoms with van der Waals surface area (Å²) < 4.78 is 34.1. The summed E-state index contributed by atoms with van der Waals surface area (Å²) >= 11 is 0. The van der Waals surface area contributed by atoms with Gasteiger partial charge in [0.2, 0.25) is 5.91 Å². The van der Waals surface area contributed by atoms with Gasteiger partial charge in [0.25, 0.3) is 0 Å². The monoisotopic (exact) mass is 338 g/mol. The fraction of sp³-hybridized carbons (Fsp3) is 0.611. The fourth-order valence-electron chi connectivity index (χ4n) is 4.01. The zero-order valence-corrected chi connectivity index (χ0v) is 13.7. The summed E-state index contributed by atoms with van der Waals surface area (Å²) in [5.41, 5.74) is 5.00. The van der Waals surface area contributed by atoms with Crippen molar-refractivity contribution in [2.75, 3.05) is 13.1 Å². The van der Waals surface area contributed by atoms with Crippen LogP contribution < -0.4 is 11.1 Å². The van der Waals surface area contributed by atoms with Gasteiger partial charge in [-0.3, -0.25) is 4.79 Å². The molecule has 24 heavy (non-hydrogen) atoms. The highest BCUT2D eigenvalue weighted by Crippen LogP contribution is 2.42. The Morgan fingerprint density at radius 3 is 2.50 bits per heavy atom. The van der Waals surface area contributed by atoms with Crippen LogP contribution in [0.3, 0.4) is 0 Å². The number of rotatable bonds is 5. The van der Waals surface area contributed by atoms with Gasteiger partial charge in [-0.2, -0.15) is 0 Å². The minimum Gasteiger partial charge on any atom is -0.364 e. The first-order valence-corrected chi connectivity index (χ1v) is 8.63. The average molecular weight is 338 g/mol. The second-order valence-corrected chi connectivity index (χ2v) is 6.86. The Balaban J connectivity index is 1.72. The van der Waals surface area contributed by atoms with E-state index >= 15 is 0 Å². The molecule has 1 aromatic rings. The number of hydrogen-bond acceptors (Lipinski definition) is 3. The first-order chi connectivity index (χ1) is 11.6. The Morgan fingerprint density at radius 1 is 1.25 bits per heavy atom. The maximum atomic E-state index is 14.3. The third kappa shape index (κ3) is 3.30. The standard InChI is InChI=1S/C18H24F2N2O2/c19-13-4-3-5-14(20)16(13)18(8-1-2-9-18)11-22-17(23)15-7-6-12(10-21)24-15/h3-5,12,15H,1-2,6-11,21H2,(H,22,23)/t12-,15+/m1/s1. The summed E-state index contributed by atoms with van der Waals surface area (Å²) in [6.45, 7) is 0.630. The van der Waals surface area contributed by atoms with Crippen LogP contribution in [0.4, 0.5) is 8.78 Å². The molecule has 3 N–H and O–H groups in total. The maximum Gasteiger partial charge on any atom is 0.249 e. The SMILES string of the molecule is NC[C@H]1CC[C@@H](C(=O)NCC2(c3c(F)cccc3F)CCCC2)O1. The van der Waals surface area contributed by atoms with Gasteiger partial charge >= 0.3 is 0 Å². The van der Waals surface area contributed by atoms with Crippen LogP contribution >= 0.6 is 0 Å². The second kappa shape index (κ2) is 7.15. The summed E-state index contributed by atoms with van der Waals surface area (Å²) in [7, 11) is 0. The molecule has 1 heterocycles. The minimum absolute atomic E-state index is 0.0785. The molecule has 6 heteroatoms. The third-order valence-electron chi connectivity index (χ3n) is 5.32. The molecule has 4 nitrogen and oxygen atoms in total. The van der Waals surface area contributed by atoms with E-state index in [2.05, 4.69) is 5.32 Å². The van der Waals surface area contributed by atoms with Crippen molar-refractivity contribution in [2.24, 2.45) is 5.73 Å². The highest BCUT2D eigenvalue weighted by atomic mass is 19.1. The van der Waals surface area contributed by atoms with Crippen LogP contribution in [0.1, 0.15) is 44.1 Å². The smallest absolute Gasteiger partial charge is 0.249 e. The molecule has 1 aliphatic heterocycles. The highest BCUT2D eigenvalue weighted by Gasteiger charge is 2.41. The Bertz CT molecular complexity index is 582. The van der Waals surface area contributed by atoms with Crippen LogP contribution in [-0.2, 0) is 14.9 Å². The number of carbonyl (C=O) groups is 1. The summed E-state index contributed by atoms with van der Waals surface area (Å²) in [5.74, 6) is -1.29. The number of ether oxygens (including phenoxy) is 1. The van der Waals surface area contributed by atoms with Gasteiger partial charge in [0.1, 0.15) is 17.7 Å². The third-order valence-corrected chi connectivity index (χ3v) is 5.32. The van der Waals surface area contributed by atoms with Crippen molar-refractivity contribution in [2.45, 2.75) is 56.1 Å². The van der Waals surface area contributed by atoms with Gasteiger partial charge in [0.15, 0.2) is 0 Å². The molecule has 1 amide bonds. The molecule has 2 aliphatic rings. The molecule has 0 bridgehead atoms. The van der Waals surface area contributed by atoms with E-state index in [-0.39, 0.29) is 24.1 Å². The predicted molar refractivity (Wildman–Crippen MR) is 86.5 cm³/mol. The van der Waals surface area contributed by atoms with E-state index in [4.69, 9.17) is 10.5 Å². The fourth-order valence-corrected chi connectivity index (χ4v) is 4.01. The molecule has 1 saturated carbocycles. The van der Waals surface area contributed by atoms with E-state index in [1.54, 1.807) is 0 Å². The van der Waals surface area contributed by atoms with E-state index in [1.165, 1.54) is 18.2 Å². The molecule has 0 unspecified atom stereocenters. The van der Waals surface area contributed by atoms with E-state index in [0.29, 0.717) is 25.8 Å². The molecule has 0 radical (unpaired) electrons. The van der Waals surface area contributed by atoms with E-state index in [0.717, 1.165) is 19.3 Å². The molecule has 0 aromatic heterocycles. The lowest BCUT2D eigenvalue weighted by Gasteiger charge is -2.31. The van der Waals surface area contributed by atoms with Crippen LogP contribution in [0.15, 0.2) is 18.2 Å². The molecule has 2 fully saturated rings. The van der Waals surface area contributed by atoms with Crippen molar-refractivity contribution in [1.29, 1.82) is 0 Å². The van der Waals surface area contributed by atoms with Crippen molar-refractivity contribution in [3.8, 4) is 0 Å². The number of hydrogen-bond donors (Lipinski definition) is 2. The molecule has 2 atom stereocenters. The number of nitrogens with one attached hydrogen (secondary N) is 1. The largest absolute Gasteiger partial charge is 0.364 e. The number of amides is 1. The van der Waals surface area contributed by atoms with Gasteiger partial charge in [-0.05, 0) is 37.8 Å². The lowest BCUT2D eigenvalue weighted by molar-refractivity contribution is -0.132. The lowest BCUT2D eigenvalue weighted by atomic mass is 9.78. The maximum absolute atomic E-state index is 14.3. The first kappa shape index (κ1) is 17.3.